The molecule has 2 aromatic heterocycles. The van der Waals surface area contributed by atoms with E-state index in [9.17, 15) is 13.2 Å². The van der Waals surface area contributed by atoms with E-state index in [2.05, 4.69) is 24.9 Å². The molecule has 2 aliphatic rings. The fourth-order valence-corrected chi connectivity index (χ4v) is 3.30. The lowest BCUT2D eigenvalue weighted by Gasteiger charge is -2.32. The summed E-state index contributed by atoms with van der Waals surface area (Å²) in [5.74, 6) is -0.0762. The molecule has 4 heterocycles. The minimum atomic E-state index is -4.74. The van der Waals surface area contributed by atoms with E-state index in [0.717, 1.165) is 6.20 Å². The van der Waals surface area contributed by atoms with Gasteiger partial charge in [0.25, 0.3) is 0 Å². The van der Waals surface area contributed by atoms with Gasteiger partial charge in [-0.05, 0) is 6.92 Å². The Kier molecular flexibility index (Phi) is 5.56. The second-order valence-corrected chi connectivity index (χ2v) is 6.97. The van der Waals surface area contributed by atoms with Gasteiger partial charge in [0.05, 0.1) is 31.5 Å². The summed E-state index contributed by atoms with van der Waals surface area (Å²) in [5.41, 5.74) is 3.86. The summed E-state index contributed by atoms with van der Waals surface area (Å²) in [6.07, 6.45) is -3.81. The Labute approximate surface area is 170 Å². The highest BCUT2D eigenvalue weighted by Crippen LogP contribution is 2.35. The average molecular weight is 426 g/mol. The maximum absolute atomic E-state index is 13.6. The number of nitrogen functional groups attached to an aromatic ring is 1. The van der Waals surface area contributed by atoms with E-state index < -0.39 is 17.8 Å². The monoisotopic (exact) mass is 426 g/mol. The fourth-order valence-electron chi connectivity index (χ4n) is 3.30. The molecule has 162 valence electrons. The van der Waals surface area contributed by atoms with E-state index in [0.29, 0.717) is 46.0 Å². The number of nitrogens with two attached hydrogens (primary N) is 1. The van der Waals surface area contributed by atoms with Crippen LogP contribution in [0.3, 0.4) is 0 Å². The Bertz CT molecular complexity index is 907. The maximum Gasteiger partial charge on any atom is 0.434 e. The van der Waals surface area contributed by atoms with Crippen LogP contribution >= 0.6 is 0 Å². The predicted octanol–water partition coefficient (Wildman–Crippen LogP) is 0.991. The summed E-state index contributed by atoms with van der Waals surface area (Å²) in [4.78, 5) is 24.0. The van der Waals surface area contributed by atoms with Crippen LogP contribution in [0, 0.1) is 0 Å². The molecule has 0 amide bonds. The van der Waals surface area contributed by atoms with Crippen LogP contribution < -0.4 is 15.5 Å². The molecular formula is C17H21F3N8O2. The smallest absolute Gasteiger partial charge is 0.378 e. The molecule has 0 aliphatic carbocycles. The molecule has 30 heavy (non-hydrogen) atoms. The number of rotatable bonds is 3. The summed E-state index contributed by atoms with van der Waals surface area (Å²) in [6.45, 7) is 5.39. The van der Waals surface area contributed by atoms with Gasteiger partial charge >= 0.3 is 6.18 Å². The summed E-state index contributed by atoms with van der Waals surface area (Å²) >= 11 is 0. The maximum atomic E-state index is 13.6. The van der Waals surface area contributed by atoms with Crippen molar-refractivity contribution in [2.24, 2.45) is 0 Å². The van der Waals surface area contributed by atoms with Crippen LogP contribution in [0.15, 0.2) is 6.20 Å². The number of nitrogens with zero attached hydrogens (tertiary/aromatic N) is 7. The SMILES string of the molecule is C[C@@H]1CN(c2nc(-c3cnc(N)nc3C(F)(F)F)nc(N3CCOCC3)n2)CCO1. The number of alkyl halides is 3. The molecule has 2 N–H and O–H groups in total. The highest BCUT2D eigenvalue weighted by atomic mass is 19.4. The van der Waals surface area contributed by atoms with Crippen LogP contribution in [0.25, 0.3) is 11.4 Å². The largest absolute Gasteiger partial charge is 0.434 e. The van der Waals surface area contributed by atoms with Crippen molar-refractivity contribution in [3.8, 4) is 11.4 Å². The third-order valence-electron chi connectivity index (χ3n) is 4.75. The number of halogens is 3. The van der Waals surface area contributed by atoms with E-state index in [-0.39, 0.29) is 29.4 Å². The first-order valence-corrected chi connectivity index (χ1v) is 9.46. The van der Waals surface area contributed by atoms with Crippen LogP contribution in [0.2, 0.25) is 0 Å². The lowest BCUT2D eigenvalue weighted by molar-refractivity contribution is -0.140. The van der Waals surface area contributed by atoms with E-state index in [1.807, 2.05) is 16.7 Å². The summed E-state index contributed by atoms with van der Waals surface area (Å²) < 4.78 is 51.7. The molecule has 2 aliphatic heterocycles. The van der Waals surface area contributed by atoms with Crippen molar-refractivity contribution in [3.63, 3.8) is 0 Å². The molecule has 1 atom stereocenters. The second kappa shape index (κ2) is 8.14. The van der Waals surface area contributed by atoms with Crippen molar-refractivity contribution < 1.29 is 22.6 Å². The minimum Gasteiger partial charge on any atom is -0.378 e. The highest BCUT2D eigenvalue weighted by Gasteiger charge is 2.38. The Balaban J connectivity index is 1.82. The van der Waals surface area contributed by atoms with Crippen molar-refractivity contribution in [2.75, 3.05) is 61.5 Å². The molecule has 0 radical (unpaired) electrons. The van der Waals surface area contributed by atoms with Gasteiger partial charge in [-0.3, -0.25) is 0 Å². The molecule has 0 spiro atoms. The van der Waals surface area contributed by atoms with Gasteiger partial charge in [-0.15, -0.1) is 0 Å². The third-order valence-corrected chi connectivity index (χ3v) is 4.75. The molecule has 0 unspecified atom stereocenters. The van der Waals surface area contributed by atoms with Gasteiger partial charge in [0, 0.05) is 32.4 Å². The molecule has 10 nitrogen and oxygen atoms in total. The molecule has 2 aromatic rings. The number of morpholine rings is 2. The van der Waals surface area contributed by atoms with Crippen molar-refractivity contribution >= 4 is 17.8 Å². The van der Waals surface area contributed by atoms with Crippen LogP contribution in [0.4, 0.5) is 31.0 Å². The van der Waals surface area contributed by atoms with Crippen LogP contribution in [0.1, 0.15) is 12.6 Å². The van der Waals surface area contributed by atoms with Crippen molar-refractivity contribution in [1.29, 1.82) is 0 Å². The quantitative estimate of drug-likeness (QED) is 0.762. The van der Waals surface area contributed by atoms with Gasteiger partial charge < -0.3 is 25.0 Å². The standard InChI is InChI=1S/C17H21F3N8O2/c1-10-9-28(4-7-30-10)16-25-13(24-15(26-16)27-2-5-29-6-3-27)11-8-22-14(21)23-12(11)17(18,19)20/h8,10H,2-7,9H2,1H3,(H2,21,22,23)/t10-/m1/s1. The normalized spacial score (nSPS) is 20.5. The van der Waals surface area contributed by atoms with Crippen molar-refractivity contribution in [3.05, 3.63) is 11.9 Å². The Morgan fingerprint density at radius 3 is 2.33 bits per heavy atom. The first-order valence-electron chi connectivity index (χ1n) is 9.46. The number of hydrogen-bond donors (Lipinski definition) is 1. The van der Waals surface area contributed by atoms with Crippen LogP contribution in [0.5, 0.6) is 0 Å². The molecule has 2 fully saturated rings. The molecule has 2 saturated heterocycles. The lowest BCUT2D eigenvalue weighted by Crippen LogP contribution is -2.43. The third kappa shape index (κ3) is 4.36. The zero-order valence-corrected chi connectivity index (χ0v) is 16.3. The zero-order chi connectivity index (χ0) is 21.3. The first kappa shape index (κ1) is 20.5. The summed E-state index contributed by atoms with van der Waals surface area (Å²) in [6, 6.07) is 0. The van der Waals surface area contributed by atoms with Gasteiger partial charge in [0.15, 0.2) is 11.5 Å². The molecule has 13 heteroatoms. The first-order chi connectivity index (χ1) is 14.3. The molecule has 4 rings (SSSR count). The van der Waals surface area contributed by atoms with Crippen molar-refractivity contribution in [1.82, 2.24) is 24.9 Å². The van der Waals surface area contributed by atoms with E-state index in [4.69, 9.17) is 15.2 Å². The van der Waals surface area contributed by atoms with Gasteiger partial charge in [-0.1, -0.05) is 0 Å². The molecule has 0 saturated carbocycles. The van der Waals surface area contributed by atoms with E-state index in [1.54, 1.807) is 0 Å². The van der Waals surface area contributed by atoms with Crippen LogP contribution in [-0.2, 0) is 15.7 Å². The molecular weight excluding hydrogens is 405 g/mol. The Morgan fingerprint density at radius 1 is 1.00 bits per heavy atom. The fraction of sp³-hybridized carbons (Fsp3) is 0.588. The predicted molar refractivity (Wildman–Crippen MR) is 101 cm³/mol. The Morgan fingerprint density at radius 2 is 1.67 bits per heavy atom. The Hall–Kier alpha value is -2.80. The summed E-state index contributed by atoms with van der Waals surface area (Å²) in [7, 11) is 0. The number of anilines is 3. The van der Waals surface area contributed by atoms with Crippen LogP contribution in [-0.4, -0.2) is 77.0 Å². The van der Waals surface area contributed by atoms with E-state index >= 15 is 0 Å². The molecule has 0 bridgehead atoms. The van der Waals surface area contributed by atoms with Gasteiger partial charge in [0.1, 0.15) is 0 Å². The summed E-state index contributed by atoms with van der Waals surface area (Å²) in [5, 5.41) is 0. The molecule has 0 aromatic carbocycles. The number of hydrogen-bond acceptors (Lipinski definition) is 10. The van der Waals surface area contributed by atoms with Crippen molar-refractivity contribution in [2.45, 2.75) is 19.2 Å². The highest BCUT2D eigenvalue weighted by molar-refractivity contribution is 5.62. The average Bonchev–Trinajstić information content (AvgIpc) is 2.73. The second-order valence-electron chi connectivity index (χ2n) is 6.97. The lowest BCUT2D eigenvalue weighted by atomic mass is 10.2. The minimum absolute atomic E-state index is 0.0589. The van der Waals surface area contributed by atoms with E-state index in [1.165, 1.54) is 0 Å². The number of ether oxygens (including phenoxy) is 2. The zero-order valence-electron chi connectivity index (χ0n) is 16.3. The van der Waals surface area contributed by atoms with Gasteiger partial charge in [-0.2, -0.15) is 28.1 Å². The van der Waals surface area contributed by atoms with Gasteiger partial charge in [0.2, 0.25) is 17.8 Å². The van der Waals surface area contributed by atoms with Gasteiger partial charge in [-0.25, -0.2) is 9.97 Å². The number of aromatic nitrogens is 5. The topological polar surface area (TPSA) is 115 Å².